The molecule has 1 unspecified atom stereocenters. The molecule has 2 N–H and O–H groups in total. The van der Waals surface area contributed by atoms with Crippen LogP contribution in [-0.2, 0) is 9.59 Å². The van der Waals surface area contributed by atoms with E-state index < -0.39 is 5.97 Å². The fourth-order valence-corrected chi connectivity index (χ4v) is 2.33. The Kier molecular flexibility index (Phi) is 4.86. The van der Waals surface area contributed by atoms with Gasteiger partial charge in [-0.15, -0.1) is 0 Å². The van der Waals surface area contributed by atoms with Crippen molar-refractivity contribution in [3.05, 3.63) is 24.0 Å². The molecule has 0 aliphatic carbocycles. The lowest BCUT2D eigenvalue weighted by Crippen LogP contribution is -2.42. The van der Waals surface area contributed by atoms with Crippen molar-refractivity contribution in [2.75, 3.05) is 25.0 Å². The van der Waals surface area contributed by atoms with Gasteiger partial charge >= 0.3 is 5.97 Å². The normalized spacial score (nSPS) is 18.7. The molecule has 1 atom stereocenters. The van der Waals surface area contributed by atoms with Crippen molar-refractivity contribution in [1.82, 2.24) is 15.3 Å². The molecule has 112 valence electrons. The van der Waals surface area contributed by atoms with Gasteiger partial charge < -0.3 is 15.3 Å². The van der Waals surface area contributed by atoms with Crippen LogP contribution in [0.15, 0.2) is 18.5 Å². The molecule has 1 amide bonds. The number of rotatable bonds is 4. The van der Waals surface area contributed by atoms with E-state index in [4.69, 9.17) is 5.11 Å². The van der Waals surface area contributed by atoms with Crippen LogP contribution in [0.5, 0.6) is 0 Å². The van der Waals surface area contributed by atoms with E-state index in [0.717, 1.165) is 25.5 Å². The summed E-state index contributed by atoms with van der Waals surface area (Å²) >= 11 is 0. The van der Waals surface area contributed by atoms with Crippen LogP contribution < -0.4 is 10.2 Å². The molecule has 1 saturated heterocycles. The van der Waals surface area contributed by atoms with E-state index in [0.29, 0.717) is 18.1 Å². The standard InChI is InChI=1S/C14H18N4O3/c1-15-13(21)11-3-2-6-18(9-11)14-16-7-10(8-17-14)4-5-12(19)20/h4-5,7-8,11H,2-3,6,9H2,1H3,(H,15,21)(H,19,20)/b5-4+. The van der Waals surface area contributed by atoms with Gasteiger partial charge in [0.25, 0.3) is 0 Å². The number of carbonyl (C=O) groups is 2. The summed E-state index contributed by atoms with van der Waals surface area (Å²) in [6, 6.07) is 0. The van der Waals surface area contributed by atoms with E-state index >= 15 is 0 Å². The summed E-state index contributed by atoms with van der Waals surface area (Å²) in [7, 11) is 1.64. The molecule has 0 saturated carbocycles. The lowest BCUT2D eigenvalue weighted by atomic mass is 9.97. The van der Waals surface area contributed by atoms with Crippen molar-refractivity contribution in [3.63, 3.8) is 0 Å². The first-order valence-corrected chi connectivity index (χ1v) is 6.79. The van der Waals surface area contributed by atoms with Crippen molar-refractivity contribution in [1.29, 1.82) is 0 Å². The summed E-state index contributed by atoms with van der Waals surface area (Å²) in [6.07, 6.45) is 7.42. The Balaban J connectivity index is 2.04. The highest BCUT2D eigenvalue weighted by Gasteiger charge is 2.26. The maximum atomic E-state index is 11.7. The van der Waals surface area contributed by atoms with Crippen molar-refractivity contribution in [2.45, 2.75) is 12.8 Å². The summed E-state index contributed by atoms with van der Waals surface area (Å²) in [4.78, 5) is 32.6. The van der Waals surface area contributed by atoms with Crippen LogP contribution in [0.3, 0.4) is 0 Å². The molecule has 7 nitrogen and oxygen atoms in total. The van der Waals surface area contributed by atoms with Gasteiger partial charge in [0.05, 0.1) is 5.92 Å². The lowest BCUT2D eigenvalue weighted by Gasteiger charge is -2.31. The highest BCUT2D eigenvalue weighted by Crippen LogP contribution is 2.20. The molecule has 1 aliphatic heterocycles. The quantitative estimate of drug-likeness (QED) is 0.786. The van der Waals surface area contributed by atoms with Crippen molar-refractivity contribution < 1.29 is 14.7 Å². The first kappa shape index (κ1) is 15.0. The molecule has 2 heterocycles. The topological polar surface area (TPSA) is 95.4 Å². The number of anilines is 1. The number of amides is 1. The molecule has 1 aliphatic rings. The second kappa shape index (κ2) is 6.83. The predicted octanol–water partition coefficient (Wildman–Crippen LogP) is 0.537. The number of carboxylic acid groups (broad SMARTS) is 1. The molecule has 0 spiro atoms. The molecule has 2 rings (SSSR count). The molecule has 0 radical (unpaired) electrons. The molecular weight excluding hydrogens is 272 g/mol. The molecular formula is C14H18N4O3. The Morgan fingerprint density at radius 1 is 1.43 bits per heavy atom. The SMILES string of the molecule is CNC(=O)C1CCCN(c2ncc(/C=C/C(=O)O)cn2)C1. The van der Waals surface area contributed by atoms with Gasteiger partial charge in [-0.2, -0.15) is 0 Å². The lowest BCUT2D eigenvalue weighted by molar-refractivity contribution is -0.131. The van der Waals surface area contributed by atoms with Gasteiger partial charge in [0.15, 0.2) is 0 Å². The monoisotopic (exact) mass is 290 g/mol. The van der Waals surface area contributed by atoms with Gasteiger partial charge in [-0.05, 0) is 18.9 Å². The van der Waals surface area contributed by atoms with Gasteiger partial charge in [-0.1, -0.05) is 0 Å². The third-order valence-electron chi connectivity index (χ3n) is 3.40. The molecule has 21 heavy (non-hydrogen) atoms. The summed E-state index contributed by atoms with van der Waals surface area (Å²) in [5.41, 5.74) is 0.626. The van der Waals surface area contributed by atoms with E-state index in [2.05, 4.69) is 15.3 Å². The fraction of sp³-hybridized carbons (Fsp3) is 0.429. The Hall–Kier alpha value is -2.44. The third-order valence-corrected chi connectivity index (χ3v) is 3.40. The van der Waals surface area contributed by atoms with Crippen LogP contribution in [0.25, 0.3) is 6.08 Å². The molecule has 7 heteroatoms. The minimum atomic E-state index is -1.01. The number of carboxylic acids is 1. The Bertz CT molecular complexity index is 542. The second-order valence-corrected chi connectivity index (χ2v) is 4.89. The van der Waals surface area contributed by atoms with Crippen LogP contribution in [0.1, 0.15) is 18.4 Å². The Morgan fingerprint density at radius 2 is 2.14 bits per heavy atom. The number of nitrogens with zero attached hydrogens (tertiary/aromatic N) is 3. The smallest absolute Gasteiger partial charge is 0.328 e. The molecule has 0 bridgehead atoms. The van der Waals surface area contributed by atoms with Gasteiger partial charge in [-0.3, -0.25) is 4.79 Å². The highest BCUT2D eigenvalue weighted by atomic mass is 16.4. The largest absolute Gasteiger partial charge is 0.478 e. The van der Waals surface area contributed by atoms with Crippen LogP contribution in [-0.4, -0.2) is 47.1 Å². The minimum Gasteiger partial charge on any atom is -0.478 e. The van der Waals surface area contributed by atoms with Crippen molar-refractivity contribution >= 4 is 23.9 Å². The predicted molar refractivity (Wildman–Crippen MR) is 77.7 cm³/mol. The zero-order valence-electron chi connectivity index (χ0n) is 11.8. The third kappa shape index (κ3) is 4.01. The average Bonchev–Trinajstić information content (AvgIpc) is 2.52. The number of carbonyl (C=O) groups excluding carboxylic acids is 1. The Labute approximate surface area is 122 Å². The number of aromatic nitrogens is 2. The van der Waals surface area contributed by atoms with Gasteiger partial charge in [0.1, 0.15) is 0 Å². The molecule has 1 aromatic heterocycles. The van der Waals surface area contributed by atoms with E-state index in [9.17, 15) is 9.59 Å². The van der Waals surface area contributed by atoms with E-state index in [1.165, 1.54) is 6.08 Å². The first-order valence-electron chi connectivity index (χ1n) is 6.79. The summed E-state index contributed by atoms with van der Waals surface area (Å²) < 4.78 is 0. The number of nitrogens with one attached hydrogen (secondary N) is 1. The number of hydrogen-bond donors (Lipinski definition) is 2. The molecule has 1 aromatic rings. The average molecular weight is 290 g/mol. The van der Waals surface area contributed by atoms with Crippen LogP contribution in [0.4, 0.5) is 5.95 Å². The van der Waals surface area contributed by atoms with Crippen LogP contribution >= 0.6 is 0 Å². The van der Waals surface area contributed by atoms with Gasteiger partial charge in [0.2, 0.25) is 11.9 Å². The van der Waals surface area contributed by atoms with Gasteiger partial charge in [-0.25, -0.2) is 14.8 Å². The van der Waals surface area contributed by atoms with Gasteiger partial charge in [0, 0.05) is 44.2 Å². The summed E-state index contributed by atoms with van der Waals surface area (Å²) in [6.45, 7) is 1.42. The summed E-state index contributed by atoms with van der Waals surface area (Å²) in [5, 5.41) is 11.2. The van der Waals surface area contributed by atoms with Crippen LogP contribution in [0, 0.1) is 5.92 Å². The minimum absolute atomic E-state index is 0.0423. The number of hydrogen-bond acceptors (Lipinski definition) is 5. The summed E-state index contributed by atoms with van der Waals surface area (Å²) in [5.74, 6) is -0.445. The number of aliphatic carboxylic acids is 1. The zero-order valence-corrected chi connectivity index (χ0v) is 11.8. The first-order chi connectivity index (χ1) is 10.1. The van der Waals surface area contributed by atoms with E-state index in [1.807, 2.05) is 4.90 Å². The Morgan fingerprint density at radius 3 is 2.76 bits per heavy atom. The van der Waals surface area contributed by atoms with Crippen molar-refractivity contribution in [2.24, 2.45) is 5.92 Å². The van der Waals surface area contributed by atoms with E-state index in [-0.39, 0.29) is 11.8 Å². The van der Waals surface area contributed by atoms with Crippen molar-refractivity contribution in [3.8, 4) is 0 Å². The maximum absolute atomic E-state index is 11.7. The fourth-order valence-electron chi connectivity index (χ4n) is 2.33. The van der Waals surface area contributed by atoms with E-state index in [1.54, 1.807) is 19.4 Å². The second-order valence-electron chi connectivity index (χ2n) is 4.89. The van der Waals surface area contributed by atoms with Crippen LogP contribution in [0.2, 0.25) is 0 Å². The highest BCUT2D eigenvalue weighted by molar-refractivity contribution is 5.85. The maximum Gasteiger partial charge on any atom is 0.328 e. The molecule has 0 aromatic carbocycles. The molecule has 1 fully saturated rings. The number of piperidine rings is 1. The zero-order chi connectivity index (χ0) is 15.2.